The fourth-order valence-electron chi connectivity index (χ4n) is 3.89. The molecular weight excluding hydrogens is 362 g/mol. The summed E-state index contributed by atoms with van der Waals surface area (Å²) in [5, 5.41) is 13.6. The Bertz CT molecular complexity index is 1120. The van der Waals surface area contributed by atoms with Crippen LogP contribution >= 0.6 is 0 Å². The van der Waals surface area contributed by atoms with Crippen molar-refractivity contribution in [3.8, 4) is 23.0 Å². The summed E-state index contributed by atoms with van der Waals surface area (Å²) in [4.78, 5) is 14.4. The van der Waals surface area contributed by atoms with E-state index in [4.69, 9.17) is 18.9 Å². The van der Waals surface area contributed by atoms with E-state index >= 15 is 0 Å². The van der Waals surface area contributed by atoms with Crippen molar-refractivity contribution in [1.82, 2.24) is 0 Å². The summed E-state index contributed by atoms with van der Waals surface area (Å²) >= 11 is 0. The molecule has 1 aliphatic heterocycles. The van der Waals surface area contributed by atoms with Gasteiger partial charge in [-0.2, -0.15) is 0 Å². The maximum absolute atomic E-state index is 12.8. The third kappa shape index (κ3) is 2.29. The normalized spacial score (nSPS) is 15.9. The standard InChI is InChI=1S/C21H21NO6/c1-22-13-6-10-7-14(25-2)15(26-3)8-11(10)18-17(13)12(19(23)21(22)24)9-16(27-4)20(18)28-5/h6-9,21,24H,1-5H3/t21-/m0/s1. The molecule has 1 heterocycles. The lowest BCUT2D eigenvalue weighted by Crippen LogP contribution is -2.41. The molecule has 1 N–H and O–H groups in total. The Balaban J connectivity index is 2.29. The van der Waals surface area contributed by atoms with Gasteiger partial charge in [-0.3, -0.25) is 4.79 Å². The number of hydrogen-bond donors (Lipinski definition) is 1. The van der Waals surface area contributed by atoms with Crippen molar-refractivity contribution in [3.05, 3.63) is 29.8 Å². The third-order valence-corrected chi connectivity index (χ3v) is 5.29. The minimum atomic E-state index is -1.27. The first-order valence-corrected chi connectivity index (χ1v) is 8.69. The Hall–Kier alpha value is -3.19. The maximum Gasteiger partial charge on any atom is 0.212 e. The molecule has 1 atom stereocenters. The van der Waals surface area contributed by atoms with Crippen LogP contribution in [0.25, 0.3) is 21.5 Å². The highest BCUT2D eigenvalue weighted by Gasteiger charge is 2.34. The quantitative estimate of drug-likeness (QED) is 0.694. The number of Topliss-reactive ketones (excluding diaryl/α,β-unsaturated/α-hetero) is 1. The number of carbonyl (C=O) groups is 1. The van der Waals surface area contributed by atoms with Crippen LogP contribution in [0.15, 0.2) is 24.3 Å². The van der Waals surface area contributed by atoms with E-state index in [-0.39, 0.29) is 5.78 Å². The Labute approximate surface area is 162 Å². The molecule has 3 aromatic carbocycles. The molecule has 146 valence electrons. The molecule has 28 heavy (non-hydrogen) atoms. The molecule has 0 aliphatic carbocycles. The second-order valence-electron chi connectivity index (χ2n) is 6.58. The summed E-state index contributed by atoms with van der Waals surface area (Å²) in [7, 11) is 7.90. The molecular formula is C21H21NO6. The van der Waals surface area contributed by atoms with E-state index in [0.29, 0.717) is 33.9 Å². The van der Waals surface area contributed by atoms with E-state index < -0.39 is 6.23 Å². The molecule has 7 nitrogen and oxygen atoms in total. The van der Waals surface area contributed by atoms with Crippen LogP contribution in [0.3, 0.4) is 0 Å². The van der Waals surface area contributed by atoms with Gasteiger partial charge in [-0.05, 0) is 35.0 Å². The molecule has 0 amide bonds. The van der Waals surface area contributed by atoms with Crippen LogP contribution in [0.5, 0.6) is 23.0 Å². The first kappa shape index (κ1) is 18.2. The molecule has 0 fully saturated rings. The lowest BCUT2D eigenvalue weighted by atomic mass is 9.89. The molecule has 0 spiro atoms. The van der Waals surface area contributed by atoms with E-state index in [9.17, 15) is 9.90 Å². The van der Waals surface area contributed by atoms with Crippen LogP contribution in [0, 0.1) is 0 Å². The summed E-state index contributed by atoms with van der Waals surface area (Å²) < 4.78 is 22.1. The number of anilines is 1. The average Bonchev–Trinajstić information content (AvgIpc) is 2.73. The molecule has 0 radical (unpaired) electrons. The van der Waals surface area contributed by atoms with Crippen molar-refractivity contribution in [1.29, 1.82) is 0 Å². The number of aliphatic hydroxyl groups excluding tert-OH is 1. The molecule has 3 aromatic rings. The fourth-order valence-corrected chi connectivity index (χ4v) is 3.89. The number of carbonyl (C=O) groups excluding carboxylic acids is 1. The van der Waals surface area contributed by atoms with E-state index in [1.807, 2.05) is 18.2 Å². The molecule has 0 aromatic heterocycles. The summed E-state index contributed by atoms with van der Waals surface area (Å²) in [5.41, 5.74) is 1.11. The zero-order chi connectivity index (χ0) is 20.2. The van der Waals surface area contributed by atoms with Crippen molar-refractivity contribution < 1.29 is 28.8 Å². The van der Waals surface area contributed by atoms with Crippen LogP contribution in [0.4, 0.5) is 5.69 Å². The Kier molecular flexibility index (Phi) is 4.19. The molecule has 7 heteroatoms. The van der Waals surface area contributed by atoms with Crippen LogP contribution in [0.2, 0.25) is 0 Å². The van der Waals surface area contributed by atoms with Gasteiger partial charge in [0, 0.05) is 29.1 Å². The maximum atomic E-state index is 12.8. The van der Waals surface area contributed by atoms with Crippen molar-refractivity contribution >= 4 is 33.0 Å². The highest BCUT2D eigenvalue weighted by molar-refractivity contribution is 6.26. The number of likely N-dealkylation sites (N-methyl/N-ethyl adjacent to an activating group) is 1. The first-order valence-electron chi connectivity index (χ1n) is 8.69. The van der Waals surface area contributed by atoms with Gasteiger partial charge in [0.2, 0.25) is 5.78 Å². The molecule has 0 bridgehead atoms. The Morgan fingerprint density at radius 2 is 1.50 bits per heavy atom. The van der Waals surface area contributed by atoms with Gasteiger partial charge in [0.25, 0.3) is 0 Å². The second-order valence-corrected chi connectivity index (χ2v) is 6.58. The number of methoxy groups -OCH3 is 4. The summed E-state index contributed by atoms with van der Waals surface area (Å²) in [6.45, 7) is 0. The molecule has 0 unspecified atom stereocenters. The largest absolute Gasteiger partial charge is 0.493 e. The highest BCUT2D eigenvalue weighted by atomic mass is 16.5. The van der Waals surface area contributed by atoms with Crippen molar-refractivity contribution in [2.24, 2.45) is 0 Å². The van der Waals surface area contributed by atoms with Gasteiger partial charge in [0.15, 0.2) is 29.2 Å². The number of aliphatic hydroxyl groups is 1. The predicted molar refractivity (Wildman–Crippen MR) is 106 cm³/mol. The van der Waals surface area contributed by atoms with Crippen molar-refractivity contribution in [2.75, 3.05) is 40.4 Å². The molecule has 4 rings (SSSR count). The Morgan fingerprint density at radius 1 is 0.857 bits per heavy atom. The predicted octanol–water partition coefficient (Wildman–Crippen LogP) is 2.98. The van der Waals surface area contributed by atoms with Gasteiger partial charge in [0.05, 0.1) is 28.4 Å². The lowest BCUT2D eigenvalue weighted by molar-refractivity contribution is 0.0745. The smallest absolute Gasteiger partial charge is 0.212 e. The Morgan fingerprint density at radius 3 is 2.11 bits per heavy atom. The van der Waals surface area contributed by atoms with Gasteiger partial charge >= 0.3 is 0 Å². The van der Waals surface area contributed by atoms with Crippen molar-refractivity contribution in [3.63, 3.8) is 0 Å². The van der Waals surface area contributed by atoms with E-state index in [1.165, 1.54) is 7.11 Å². The van der Waals surface area contributed by atoms with Gasteiger partial charge in [0.1, 0.15) is 0 Å². The van der Waals surface area contributed by atoms with Crippen LogP contribution in [-0.4, -0.2) is 52.6 Å². The number of benzene rings is 3. The van der Waals surface area contributed by atoms with E-state index in [2.05, 4.69) is 0 Å². The van der Waals surface area contributed by atoms with E-state index in [0.717, 1.165) is 21.8 Å². The van der Waals surface area contributed by atoms with Gasteiger partial charge < -0.3 is 29.0 Å². The third-order valence-electron chi connectivity index (χ3n) is 5.29. The number of rotatable bonds is 4. The minimum absolute atomic E-state index is 0.388. The minimum Gasteiger partial charge on any atom is -0.493 e. The second kappa shape index (κ2) is 6.45. The average molecular weight is 383 g/mol. The monoisotopic (exact) mass is 383 g/mol. The first-order chi connectivity index (χ1) is 13.5. The highest BCUT2D eigenvalue weighted by Crippen LogP contribution is 2.49. The number of ketones is 1. The summed E-state index contributed by atoms with van der Waals surface area (Å²) in [6.07, 6.45) is -1.27. The molecule has 1 aliphatic rings. The zero-order valence-electron chi connectivity index (χ0n) is 16.3. The molecule has 0 saturated heterocycles. The zero-order valence-corrected chi connectivity index (χ0v) is 16.3. The number of ether oxygens (including phenoxy) is 4. The van der Waals surface area contributed by atoms with Gasteiger partial charge in [-0.1, -0.05) is 0 Å². The van der Waals surface area contributed by atoms with Gasteiger partial charge in [-0.25, -0.2) is 0 Å². The number of hydrogen-bond acceptors (Lipinski definition) is 7. The summed E-state index contributed by atoms with van der Waals surface area (Å²) in [5.74, 6) is 1.69. The van der Waals surface area contributed by atoms with Crippen molar-refractivity contribution in [2.45, 2.75) is 6.23 Å². The number of nitrogens with zero attached hydrogens (tertiary/aromatic N) is 1. The number of fused-ring (bicyclic) bond motifs is 2. The molecule has 0 saturated carbocycles. The lowest BCUT2D eigenvalue weighted by Gasteiger charge is -2.32. The SMILES string of the molecule is COc1cc2cc3c4c(cc(OC)c(OC)c4c2cc1OC)C(=O)[C@H](O)N3C. The van der Waals surface area contributed by atoms with Crippen LogP contribution < -0.4 is 23.8 Å². The van der Waals surface area contributed by atoms with Gasteiger partial charge in [-0.15, -0.1) is 0 Å². The van der Waals surface area contributed by atoms with Crippen LogP contribution in [0.1, 0.15) is 10.4 Å². The van der Waals surface area contributed by atoms with Crippen LogP contribution in [-0.2, 0) is 0 Å². The summed E-state index contributed by atoms with van der Waals surface area (Å²) in [6, 6.07) is 7.26. The fraction of sp³-hybridized carbons (Fsp3) is 0.286. The van der Waals surface area contributed by atoms with E-state index in [1.54, 1.807) is 39.3 Å². The topological polar surface area (TPSA) is 77.5 Å².